The molecule has 2 fully saturated rings. The van der Waals surface area contributed by atoms with Gasteiger partial charge in [0.2, 0.25) is 11.8 Å². The summed E-state index contributed by atoms with van der Waals surface area (Å²) in [4.78, 5) is 51.1. The zero-order valence-electron chi connectivity index (χ0n) is 17.6. The molecule has 3 unspecified atom stereocenters. The molecule has 7 heteroatoms. The minimum absolute atomic E-state index is 0.162. The van der Waals surface area contributed by atoms with Gasteiger partial charge in [0.25, 0.3) is 5.91 Å². The summed E-state index contributed by atoms with van der Waals surface area (Å²) in [7, 11) is 0. The van der Waals surface area contributed by atoms with Crippen molar-refractivity contribution in [2.24, 2.45) is 11.8 Å². The van der Waals surface area contributed by atoms with E-state index < -0.39 is 24.5 Å². The first-order valence-electron chi connectivity index (χ1n) is 10.8. The Balaban J connectivity index is 1.55. The van der Waals surface area contributed by atoms with Crippen LogP contribution in [-0.2, 0) is 23.9 Å². The number of carbonyl (C=O) groups excluding carboxylic acids is 4. The number of hydrogen-bond donors (Lipinski definition) is 1. The summed E-state index contributed by atoms with van der Waals surface area (Å²) in [5.74, 6) is -2.35. The fraction of sp³-hybridized carbons (Fsp3) is 0.565. The number of hydrogen-bond acceptors (Lipinski definition) is 5. The van der Waals surface area contributed by atoms with Crippen molar-refractivity contribution in [3.8, 4) is 0 Å². The van der Waals surface area contributed by atoms with Crippen molar-refractivity contribution in [3.63, 3.8) is 0 Å². The third-order valence-corrected chi connectivity index (χ3v) is 6.06. The van der Waals surface area contributed by atoms with Crippen molar-refractivity contribution >= 4 is 23.7 Å². The van der Waals surface area contributed by atoms with Crippen LogP contribution < -0.4 is 5.32 Å². The molecule has 4 atom stereocenters. The fourth-order valence-corrected chi connectivity index (χ4v) is 4.46. The van der Waals surface area contributed by atoms with Gasteiger partial charge in [0.1, 0.15) is 6.04 Å². The van der Waals surface area contributed by atoms with Crippen LogP contribution in [0.2, 0.25) is 0 Å². The van der Waals surface area contributed by atoms with E-state index in [2.05, 4.69) is 5.32 Å². The number of fused-ring (bicyclic) bond motifs is 1. The lowest BCUT2D eigenvalue weighted by atomic mass is 9.81. The number of rotatable bonds is 8. The van der Waals surface area contributed by atoms with Crippen LogP contribution in [0, 0.1) is 11.8 Å². The lowest BCUT2D eigenvalue weighted by molar-refractivity contribution is -0.159. The number of amides is 3. The number of imide groups is 1. The molecule has 162 valence electrons. The summed E-state index contributed by atoms with van der Waals surface area (Å²) in [6.45, 7) is 3.07. The van der Waals surface area contributed by atoms with Gasteiger partial charge in [-0.05, 0) is 31.7 Å². The molecule has 1 aliphatic carbocycles. The third-order valence-electron chi connectivity index (χ3n) is 6.06. The first-order chi connectivity index (χ1) is 14.4. The van der Waals surface area contributed by atoms with Crippen LogP contribution in [0.25, 0.3) is 0 Å². The van der Waals surface area contributed by atoms with Gasteiger partial charge < -0.3 is 10.1 Å². The van der Waals surface area contributed by atoms with Crippen LogP contribution in [0.4, 0.5) is 0 Å². The van der Waals surface area contributed by atoms with Crippen LogP contribution in [-0.4, -0.2) is 41.2 Å². The van der Waals surface area contributed by atoms with Crippen molar-refractivity contribution in [2.45, 2.75) is 64.5 Å². The lowest BCUT2D eigenvalue weighted by Crippen LogP contribution is -2.45. The maximum atomic E-state index is 12.6. The molecule has 0 aromatic heterocycles. The molecule has 1 aromatic carbocycles. The Morgan fingerprint density at radius 2 is 1.70 bits per heavy atom. The molecule has 1 heterocycles. The molecule has 0 radical (unpaired) electrons. The average molecular weight is 415 g/mol. The number of likely N-dealkylation sites (tertiary alicyclic amines) is 1. The molecular formula is C23H30N2O5. The fourth-order valence-electron chi connectivity index (χ4n) is 4.46. The Morgan fingerprint density at radius 1 is 1.10 bits per heavy atom. The van der Waals surface area contributed by atoms with Gasteiger partial charge in [-0.2, -0.15) is 0 Å². The SMILES string of the molecule is CCCC(NC(=O)COC(=O)[C@H](C)N1C(=O)C2CCCCC2C1=O)c1ccccc1. The van der Waals surface area contributed by atoms with Gasteiger partial charge in [0, 0.05) is 0 Å². The van der Waals surface area contributed by atoms with Gasteiger partial charge in [0.05, 0.1) is 17.9 Å². The Kier molecular flexibility index (Phi) is 7.24. The Morgan fingerprint density at radius 3 is 2.27 bits per heavy atom. The van der Waals surface area contributed by atoms with Crippen LogP contribution in [0.1, 0.15) is 64.0 Å². The van der Waals surface area contributed by atoms with E-state index >= 15 is 0 Å². The number of esters is 1. The van der Waals surface area contributed by atoms with Gasteiger partial charge in [-0.1, -0.05) is 56.5 Å². The predicted octanol–water partition coefficient (Wildman–Crippen LogP) is 2.75. The Hall–Kier alpha value is -2.70. The van der Waals surface area contributed by atoms with Crippen molar-refractivity contribution in [1.82, 2.24) is 10.2 Å². The summed E-state index contributed by atoms with van der Waals surface area (Å²) in [5, 5.41) is 2.89. The molecular weight excluding hydrogens is 384 g/mol. The molecule has 1 aliphatic heterocycles. The van der Waals surface area contributed by atoms with E-state index in [1.54, 1.807) is 0 Å². The van der Waals surface area contributed by atoms with Crippen LogP contribution >= 0.6 is 0 Å². The first kappa shape index (κ1) is 22.0. The number of nitrogens with one attached hydrogen (secondary N) is 1. The molecule has 0 bridgehead atoms. The number of ether oxygens (including phenoxy) is 1. The number of carbonyl (C=O) groups is 4. The predicted molar refractivity (Wildman–Crippen MR) is 110 cm³/mol. The minimum atomic E-state index is -1.02. The molecule has 3 rings (SSSR count). The summed E-state index contributed by atoms with van der Waals surface area (Å²) in [6, 6.07) is 8.43. The second-order valence-corrected chi connectivity index (χ2v) is 8.15. The molecule has 1 saturated heterocycles. The Bertz CT molecular complexity index is 770. The molecule has 1 N–H and O–H groups in total. The highest BCUT2D eigenvalue weighted by molar-refractivity contribution is 6.07. The monoisotopic (exact) mass is 414 g/mol. The van der Waals surface area contributed by atoms with Crippen molar-refractivity contribution in [1.29, 1.82) is 0 Å². The maximum absolute atomic E-state index is 12.6. The Labute approximate surface area is 177 Å². The second kappa shape index (κ2) is 9.87. The van der Waals surface area contributed by atoms with Crippen molar-refractivity contribution in [2.75, 3.05) is 6.61 Å². The highest BCUT2D eigenvalue weighted by Gasteiger charge is 2.51. The van der Waals surface area contributed by atoms with E-state index in [1.165, 1.54) is 6.92 Å². The molecule has 3 amide bonds. The van der Waals surface area contributed by atoms with Gasteiger partial charge >= 0.3 is 5.97 Å². The minimum Gasteiger partial charge on any atom is -0.454 e. The molecule has 1 saturated carbocycles. The smallest absolute Gasteiger partial charge is 0.329 e. The maximum Gasteiger partial charge on any atom is 0.329 e. The van der Waals surface area contributed by atoms with Gasteiger partial charge in [0.15, 0.2) is 6.61 Å². The number of nitrogens with zero attached hydrogens (tertiary/aromatic N) is 1. The normalized spacial score (nSPS) is 22.9. The second-order valence-electron chi connectivity index (χ2n) is 8.15. The molecule has 1 aromatic rings. The van der Waals surface area contributed by atoms with Crippen LogP contribution in [0.3, 0.4) is 0 Å². The first-order valence-corrected chi connectivity index (χ1v) is 10.8. The molecule has 7 nitrogen and oxygen atoms in total. The van der Waals surface area contributed by atoms with Crippen LogP contribution in [0.5, 0.6) is 0 Å². The van der Waals surface area contributed by atoms with E-state index in [1.807, 2.05) is 37.3 Å². The van der Waals surface area contributed by atoms with E-state index in [-0.39, 0.29) is 29.7 Å². The van der Waals surface area contributed by atoms with Crippen molar-refractivity contribution in [3.05, 3.63) is 35.9 Å². The zero-order valence-corrected chi connectivity index (χ0v) is 17.6. The van der Waals surface area contributed by atoms with Gasteiger partial charge in [-0.25, -0.2) is 4.79 Å². The number of benzene rings is 1. The van der Waals surface area contributed by atoms with Crippen molar-refractivity contribution < 1.29 is 23.9 Å². The third kappa shape index (κ3) is 4.71. The quantitative estimate of drug-likeness (QED) is 0.522. The zero-order chi connectivity index (χ0) is 21.7. The van der Waals surface area contributed by atoms with E-state index in [9.17, 15) is 19.2 Å². The largest absolute Gasteiger partial charge is 0.454 e. The molecule has 0 spiro atoms. The average Bonchev–Trinajstić information content (AvgIpc) is 3.02. The highest BCUT2D eigenvalue weighted by atomic mass is 16.5. The molecule has 30 heavy (non-hydrogen) atoms. The summed E-state index contributed by atoms with van der Waals surface area (Å²) in [6.07, 6.45) is 4.88. The lowest BCUT2D eigenvalue weighted by Gasteiger charge is -2.22. The highest BCUT2D eigenvalue weighted by Crippen LogP contribution is 2.38. The summed E-state index contributed by atoms with van der Waals surface area (Å²) < 4.78 is 5.15. The summed E-state index contributed by atoms with van der Waals surface area (Å²) in [5.41, 5.74) is 0.989. The van der Waals surface area contributed by atoms with Crippen LogP contribution in [0.15, 0.2) is 30.3 Å². The van der Waals surface area contributed by atoms with Gasteiger partial charge in [-0.15, -0.1) is 0 Å². The van der Waals surface area contributed by atoms with Gasteiger partial charge in [-0.3, -0.25) is 19.3 Å². The van der Waals surface area contributed by atoms with E-state index in [4.69, 9.17) is 4.74 Å². The van der Waals surface area contributed by atoms with E-state index in [0.29, 0.717) is 12.8 Å². The standard InChI is InChI=1S/C23H30N2O5/c1-3-9-19(16-10-5-4-6-11-16)24-20(26)14-30-23(29)15(2)25-21(27)17-12-7-8-13-18(17)22(25)28/h4-6,10-11,15,17-19H,3,7-9,12-14H2,1-2H3,(H,24,26)/t15-,17?,18?,19?/m0/s1. The molecule has 2 aliphatic rings. The van der Waals surface area contributed by atoms with E-state index in [0.717, 1.165) is 36.1 Å². The topological polar surface area (TPSA) is 92.8 Å². The summed E-state index contributed by atoms with van der Waals surface area (Å²) >= 11 is 0.